The number of carbonyl (C=O) groups excluding carboxylic acids is 3. The first-order valence-corrected chi connectivity index (χ1v) is 12.9. The number of benzene rings is 1. The van der Waals surface area contributed by atoms with Crippen molar-refractivity contribution in [2.24, 2.45) is 0 Å². The van der Waals surface area contributed by atoms with E-state index in [-0.39, 0.29) is 30.2 Å². The van der Waals surface area contributed by atoms with Gasteiger partial charge in [-0.2, -0.15) is 0 Å². The van der Waals surface area contributed by atoms with E-state index >= 15 is 0 Å². The maximum atomic E-state index is 13.3. The Kier molecular flexibility index (Phi) is 9.14. The minimum Gasteiger partial charge on any atom is -0.497 e. The van der Waals surface area contributed by atoms with Gasteiger partial charge in [-0.1, -0.05) is 0 Å². The van der Waals surface area contributed by atoms with Gasteiger partial charge in [0.05, 0.1) is 32.4 Å². The van der Waals surface area contributed by atoms with Crippen LogP contribution in [0, 0.1) is 0 Å². The summed E-state index contributed by atoms with van der Waals surface area (Å²) in [7, 11) is 4.73. The fourth-order valence-corrected chi connectivity index (χ4v) is 4.73. The van der Waals surface area contributed by atoms with Gasteiger partial charge in [0.2, 0.25) is 0 Å². The number of urea groups is 2. The standard InChI is InChI=1S/C27H41N5O6/c1-9-38-24(33)22-21(16-31-10-11-32(17(2)15-31)26(35)29-27(3,4)5)30(6)25(34)28-23(22)18-12-19(36-7)14-20(13-18)37-8/h12-14,17,23H,9-11,15-16H2,1-8H3,(H,28,34)(H,29,35). The molecule has 0 radical (unpaired) electrons. The van der Waals surface area contributed by atoms with Gasteiger partial charge in [0.1, 0.15) is 11.5 Å². The van der Waals surface area contributed by atoms with E-state index < -0.39 is 12.0 Å². The van der Waals surface area contributed by atoms with Crippen molar-refractivity contribution in [1.29, 1.82) is 0 Å². The van der Waals surface area contributed by atoms with Crippen LogP contribution in [0.25, 0.3) is 0 Å². The molecule has 11 nitrogen and oxygen atoms in total. The predicted octanol–water partition coefficient (Wildman–Crippen LogP) is 2.73. The Balaban J connectivity index is 1.95. The number of methoxy groups -OCH3 is 2. The molecule has 2 atom stereocenters. The van der Waals surface area contributed by atoms with Crippen LogP contribution in [-0.2, 0) is 9.53 Å². The highest BCUT2D eigenvalue weighted by atomic mass is 16.5. The van der Waals surface area contributed by atoms with Crippen molar-refractivity contribution in [1.82, 2.24) is 25.3 Å². The zero-order valence-electron chi connectivity index (χ0n) is 23.7. The Labute approximate surface area is 225 Å². The highest BCUT2D eigenvalue weighted by Crippen LogP contribution is 2.35. The number of esters is 1. The van der Waals surface area contributed by atoms with Crippen molar-refractivity contribution >= 4 is 18.0 Å². The number of amides is 4. The third kappa shape index (κ3) is 6.69. The summed E-state index contributed by atoms with van der Waals surface area (Å²) in [5.74, 6) is 0.573. The number of hydrogen-bond donors (Lipinski definition) is 2. The van der Waals surface area contributed by atoms with Crippen LogP contribution in [0.2, 0.25) is 0 Å². The van der Waals surface area contributed by atoms with Gasteiger partial charge >= 0.3 is 18.0 Å². The summed E-state index contributed by atoms with van der Waals surface area (Å²) >= 11 is 0. The Hall–Kier alpha value is -3.47. The Morgan fingerprint density at radius 1 is 1.11 bits per heavy atom. The molecule has 0 aromatic heterocycles. The lowest BCUT2D eigenvalue weighted by molar-refractivity contribution is -0.139. The largest absolute Gasteiger partial charge is 0.497 e. The van der Waals surface area contributed by atoms with E-state index in [0.29, 0.717) is 54.5 Å². The van der Waals surface area contributed by atoms with E-state index in [1.807, 2.05) is 32.6 Å². The summed E-state index contributed by atoms with van der Waals surface area (Å²) in [5.41, 5.74) is 1.22. The molecule has 0 spiro atoms. The number of rotatable bonds is 7. The Bertz CT molecular complexity index is 1060. The molecule has 2 aliphatic rings. The maximum Gasteiger partial charge on any atom is 0.338 e. The van der Waals surface area contributed by atoms with E-state index in [1.165, 1.54) is 4.90 Å². The van der Waals surface area contributed by atoms with Crippen LogP contribution in [0.4, 0.5) is 9.59 Å². The molecule has 3 rings (SSSR count). The topological polar surface area (TPSA) is 113 Å². The van der Waals surface area contributed by atoms with Crippen LogP contribution in [0.3, 0.4) is 0 Å². The summed E-state index contributed by atoms with van der Waals surface area (Å²) in [4.78, 5) is 44.6. The predicted molar refractivity (Wildman–Crippen MR) is 143 cm³/mol. The average Bonchev–Trinajstić information content (AvgIpc) is 2.85. The molecule has 0 saturated carbocycles. The number of ether oxygens (including phenoxy) is 3. The van der Waals surface area contributed by atoms with Crippen molar-refractivity contribution in [2.75, 3.05) is 54.1 Å². The van der Waals surface area contributed by atoms with E-state index in [1.54, 1.807) is 46.4 Å². The first-order chi connectivity index (χ1) is 17.9. The normalized spacial score (nSPS) is 20.7. The molecule has 2 N–H and O–H groups in total. The molecule has 1 fully saturated rings. The van der Waals surface area contributed by atoms with Crippen LogP contribution in [0.5, 0.6) is 11.5 Å². The molecule has 2 aliphatic heterocycles. The smallest absolute Gasteiger partial charge is 0.338 e. The van der Waals surface area contributed by atoms with E-state index in [9.17, 15) is 14.4 Å². The zero-order valence-corrected chi connectivity index (χ0v) is 23.7. The molecular formula is C27H41N5O6. The van der Waals surface area contributed by atoms with Crippen molar-refractivity contribution in [3.8, 4) is 11.5 Å². The molecule has 1 aromatic carbocycles. The first-order valence-electron chi connectivity index (χ1n) is 12.9. The van der Waals surface area contributed by atoms with Gasteiger partial charge in [-0.25, -0.2) is 14.4 Å². The van der Waals surface area contributed by atoms with Crippen LogP contribution < -0.4 is 20.1 Å². The summed E-state index contributed by atoms with van der Waals surface area (Å²) in [5, 5.41) is 5.95. The highest BCUT2D eigenvalue weighted by molar-refractivity contribution is 5.95. The molecule has 4 amide bonds. The lowest BCUT2D eigenvalue weighted by Crippen LogP contribution is -2.59. The quantitative estimate of drug-likeness (QED) is 0.520. The first kappa shape index (κ1) is 29.1. The van der Waals surface area contributed by atoms with Crippen LogP contribution >= 0.6 is 0 Å². The average molecular weight is 532 g/mol. The lowest BCUT2D eigenvalue weighted by atomic mass is 9.93. The Morgan fingerprint density at radius 2 is 1.74 bits per heavy atom. The summed E-state index contributed by atoms with van der Waals surface area (Å²) in [6, 6.07) is 4.01. The monoisotopic (exact) mass is 531 g/mol. The van der Waals surface area contributed by atoms with Crippen LogP contribution in [0.1, 0.15) is 46.2 Å². The SMILES string of the molecule is CCOC(=O)C1=C(CN2CCN(C(=O)NC(C)(C)C)C(C)C2)N(C)C(=O)NC1c1cc(OC)cc(OC)c1. The summed E-state index contributed by atoms with van der Waals surface area (Å²) in [6.45, 7) is 11.8. The molecule has 0 aliphatic carbocycles. The minimum atomic E-state index is -0.756. The van der Waals surface area contributed by atoms with Gasteiger partial charge in [-0.05, 0) is 52.3 Å². The molecule has 0 bridgehead atoms. The molecule has 38 heavy (non-hydrogen) atoms. The molecule has 2 unspecified atom stereocenters. The van der Waals surface area contributed by atoms with Gasteiger partial charge in [0.25, 0.3) is 0 Å². The van der Waals surface area contributed by atoms with Gasteiger partial charge < -0.3 is 29.7 Å². The molecule has 2 heterocycles. The van der Waals surface area contributed by atoms with Crippen molar-refractivity contribution < 1.29 is 28.6 Å². The maximum absolute atomic E-state index is 13.3. The second-order valence-corrected chi connectivity index (χ2v) is 10.6. The van der Waals surface area contributed by atoms with Crippen molar-refractivity contribution in [3.05, 3.63) is 35.0 Å². The van der Waals surface area contributed by atoms with Gasteiger partial charge in [-0.15, -0.1) is 0 Å². The lowest BCUT2D eigenvalue weighted by Gasteiger charge is -2.43. The van der Waals surface area contributed by atoms with Gasteiger partial charge in [-0.3, -0.25) is 9.80 Å². The summed E-state index contributed by atoms with van der Waals surface area (Å²) < 4.78 is 16.3. The van der Waals surface area contributed by atoms with Crippen molar-refractivity contribution in [2.45, 2.75) is 52.2 Å². The number of carbonyl (C=O) groups is 3. The minimum absolute atomic E-state index is 0.0566. The molecular weight excluding hydrogens is 490 g/mol. The van der Waals surface area contributed by atoms with Crippen molar-refractivity contribution in [3.63, 3.8) is 0 Å². The third-order valence-electron chi connectivity index (χ3n) is 6.61. The van der Waals surface area contributed by atoms with E-state index in [0.717, 1.165) is 0 Å². The van der Waals surface area contributed by atoms with E-state index in [4.69, 9.17) is 14.2 Å². The number of piperazine rings is 1. The second-order valence-electron chi connectivity index (χ2n) is 10.6. The second kappa shape index (κ2) is 11.9. The molecule has 1 aromatic rings. The van der Waals surface area contributed by atoms with Gasteiger partial charge in [0.15, 0.2) is 0 Å². The summed E-state index contributed by atoms with van der Waals surface area (Å²) in [6.07, 6.45) is 0. The number of likely N-dealkylation sites (N-methyl/N-ethyl adjacent to an activating group) is 1. The number of nitrogens with zero attached hydrogens (tertiary/aromatic N) is 3. The van der Waals surface area contributed by atoms with Crippen LogP contribution in [0.15, 0.2) is 29.5 Å². The van der Waals surface area contributed by atoms with Crippen LogP contribution in [-0.4, -0.2) is 98.4 Å². The molecule has 210 valence electrons. The highest BCUT2D eigenvalue weighted by Gasteiger charge is 2.39. The Morgan fingerprint density at radius 3 is 2.26 bits per heavy atom. The molecule has 1 saturated heterocycles. The van der Waals surface area contributed by atoms with E-state index in [2.05, 4.69) is 15.5 Å². The fourth-order valence-electron chi connectivity index (χ4n) is 4.73. The van der Waals surface area contributed by atoms with Gasteiger partial charge in [0, 0.05) is 56.6 Å². The third-order valence-corrected chi connectivity index (χ3v) is 6.61. The zero-order chi connectivity index (χ0) is 28.2. The molecule has 11 heteroatoms. The fraction of sp³-hybridized carbons (Fsp3) is 0.593. The number of nitrogens with one attached hydrogen (secondary N) is 2. The number of hydrogen-bond acceptors (Lipinski definition) is 7.